The number of fused-ring (bicyclic) bond motifs is 5. The van der Waals surface area contributed by atoms with Crippen LogP contribution in [0.5, 0.6) is 5.75 Å². The lowest BCUT2D eigenvalue weighted by molar-refractivity contribution is -0.0153. The average molecular weight is 284 g/mol. The van der Waals surface area contributed by atoms with Crippen LogP contribution in [-0.4, -0.2) is 16.3 Å². The van der Waals surface area contributed by atoms with E-state index in [-0.39, 0.29) is 11.5 Å². The number of rotatable bonds is 0. The topological polar surface area (TPSA) is 40.5 Å². The summed E-state index contributed by atoms with van der Waals surface area (Å²) < 4.78 is 0. The molecule has 0 aromatic heterocycles. The van der Waals surface area contributed by atoms with Gasteiger partial charge in [-0.05, 0) is 78.5 Å². The lowest BCUT2D eigenvalue weighted by atomic mass is 9.54. The summed E-state index contributed by atoms with van der Waals surface area (Å²) in [5, 5.41) is 20.5. The zero-order valence-electron chi connectivity index (χ0n) is 12.7. The van der Waals surface area contributed by atoms with E-state index in [1.165, 1.54) is 24.0 Å². The highest BCUT2D eigenvalue weighted by Crippen LogP contribution is 2.62. The van der Waals surface area contributed by atoms with Crippen LogP contribution in [-0.2, 0) is 6.42 Å². The number of phenols is 1. The van der Waals surface area contributed by atoms with Crippen LogP contribution in [0, 0.1) is 17.3 Å². The Morgan fingerprint density at radius 3 is 2.90 bits per heavy atom. The highest BCUT2D eigenvalue weighted by atomic mass is 16.3. The van der Waals surface area contributed by atoms with Crippen molar-refractivity contribution in [3.8, 4) is 5.75 Å². The van der Waals surface area contributed by atoms with Gasteiger partial charge in [0.1, 0.15) is 5.75 Å². The Morgan fingerprint density at radius 2 is 2.10 bits per heavy atom. The predicted molar refractivity (Wildman–Crippen MR) is 83.3 cm³/mol. The second-order valence-electron chi connectivity index (χ2n) is 7.54. The summed E-state index contributed by atoms with van der Waals surface area (Å²) in [6.45, 7) is 6.68. The molecule has 21 heavy (non-hydrogen) atoms. The first kappa shape index (κ1) is 13.4. The monoisotopic (exact) mass is 284 g/mol. The van der Waals surface area contributed by atoms with Crippen molar-refractivity contribution in [3.63, 3.8) is 0 Å². The minimum absolute atomic E-state index is 0.233. The highest BCUT2D eigenvalue weighted by Gasteiger charge is 2.54. The Labute approximate surface area is 126 Å². The molecule has 1 aromatic carbocycles. The Balaban J connectivity index is 1.77. The Bertz CT molecular complexity index is 606. The van der Waals surface area contributed by atoms with Gasteiger partial charge in [-0.1, -0.05) is 25.1 Å². The molecule has 0 aliphatic heterocycles. The van der Waals surface area contributed by atoms with Crippen LogP contribution >= 0.6 is 0 Å². The molecule has 0 unspecified atom stereocenters. The first-order valence-electron chi connectivity index (χ1n) is 8.19. The van der Waals surface area contributed by atoms with E-state index in [9.17, 15) is 10.2 Å². The van der Waals surface area contributed by atoms with Crippen molar-refractivity contribution in [3.05, 3.63) is 41.5 Å². The Kier molecular flexibility index (Phi) is 2.78. The van der Waals surface area contributed by atoms with Crippen molar-refractivity contribution in [2.75, 3.05) is 0 Å². The molecular weight excluding hydrogens is 260 g/mol. The summed E-state index contributed by atoms with van der Waals surface area (Å²) >= 11 is 0. The van der Waals surface area contributed by atoms with Gasteiger partial charge < -0.3 is 10.2 Å². The minimum Gasteiger partial charge on any atom is -0.508 e. The molecular formula is C19H24O2. The predicted octanol–water partition coefficient (Wildman–Crippen LogP) is 3.78. The molecule has 0 radical (unpaired) electrons. The molecule has 2 heteroatoms. The third kappa shape index (κ3) is 1.75. The highest BCUT2D eigenvalue weighted by molar-refractivity contribution is 5.41. The molecule has 4 rings (SSSR count). The van der Waals surface area contributed by atoms with Crippen LogP contribution in [0.3, 0.4) is 0 Å². The van der Waals surface area contributed by atoms with Crippen LogP contribution in [0.1, 0.15) is 49.7 Å². The SMILES string of the molecule is C=C1CC[C@H]2[C@@H]3[C@H](O)Cc4cc(O)ccc4[C@H]3CC[C@]12C. The van der Waals surface area contributed by atoms with Gasteiger partial charge in [-0.3, -0.25) is 0 Å². The normalized spacial score (nSPS) is 41.3. The third-order valence-corrected chi connectivity index (χ3v) is 6.69. The van der Waals surface area contributed by atoms with E-state index in [0.717, 1.165) is 18.4 Å². The van der Waals surface area contributed by atoms with Crippen molar-refractivity contribution in [2.45, 2.75) is 51.0 Å². The Morgan fingerprint density at radius 1 is 1.29 bits per heavy atom. The second-order valence-corrected chi connectivity index (χ2v) is 7.54. The molecule has 0 amide bonds. The van der Waals surface area contributed by atoms with E-state index >= 15 is 0 Å². The van der Waals surface area contributed by atoms with Gasteiger partial charge in [0.05, 0.1) is 6.10 Å². The molecule has 0 spiro atoms. The van der Waals surface area contributed by atoms with E-state index in [0.29, 0.717) is 29.9 Å². The van der Waals surface area contributed by atoms with Crippen LogP contribution in [0.4, 0.5) is 0 Å². The molecule has 2 saturated carbocycles. The maximum atomic E-state index is 10.8. The standard InChI is InChI=1S/C19H24O2/c1-11-3-6-16-18-15(7-8-19(11,16)2)14-5-4-13(20)9-12(14)10-17(18)21/h4-5,9,15-18,20-21H,1,3,6-8,10H2,2H3/t15-,16+,17-,18-,19-/m1/s1. The van der Waals surface area contributed by atoms with E-state index < -0.39 is 0 Å². The number of aliphatic hydroxyl groups excluding tert-OH is 1. The van der Waals surface area contributed by atoms with Crippen molar-refractivity contribution < 1.29 is 10.2 Å². The van der Waals surface area contributed by atoms with E-state index in [1.807, 2.05) is 6.07 Å². The smallest absolute Gasteiger partial charge is 0.115 e. The van der Waals surface area contributed by atoms with Crippen LogP contribution in [0.25, 0.3) is 0 Å². The minimum atomic E-state index is -0.278. The number of aromatic hydroxyl groups is 1. The summed E-state index contributed by atoms with van der Waals surface area (Å²) in [6.07, 6.45) is 5.03. The van der Waals surface area contributed by atoms with E-state index in [4.69, 9.17) is 0 Å². The van der Waals surface area contributed by atoms with Gasteiger partial charge in [0, 0.05) is 0 Å². The fraction of sp³-hybridized carbons (Fsp3) is 0.579. The van der Waals surface area contributed by atoms with Gasteiger partial charge in [0.2, 0.25) is 0 Å². The molecule has 3 aliphatic rings. The van der Waals surface area contributed by atoms with Gasteiger partial charge in [0.15, 0.2) is 0 Å². The fourth-order valence-electron chi connectivity index (χ4n) is 5.49. The lowest BCUT2D eigenvalue weighted by Crippen LogP contribution is -2.46. The number of allylic oxidation sites excluding steroid dienone is 1. The van der Waals surface area contributed by atoms with Crippen LogP contribution in [0.2, 0.25) is 0 Å². The molecule has 1 aromatic rings. The summed E-state index contributed by atoms with van der Waals surface area (Å²) in [4.78, 5) is 0. The third-order valence-electron chi connectivity index (χ3n) is 6.69. The van der Waals surface area contributed by atoms with Crippen molar-refractivity contribution in [1.82, 2.24) is 0 Å². The van der Waals surface area contributed by atoms with Gasteiger partial charge in [0.25, 0.3) is 0 Å². The van der Waals surface area contributed by atoms with Gasteiger partial charge in [-0.2, -0.15) is 0 Å². The molecule has 2 fully saturated rings. The summed E-state index contributed by atoms with van der Waals surface area (Å²) in [5.74, 6) is 1.70. The van der Waals surface area contributed by atoms with Gasteiger partial charge >= 0.3 is 0 Å². The molecule has 0 bridgehead atoms. The van der Waals surface area contributed by atoms with E-state index in [2.05, 4.69) is 19.6 Å². The van der Waals surface area contributed by atoms with Crippen LogP contribution < -0.4 is 0 Å². The van der Waals surface area contributed by atoms with Crippen molar-refractivity contribution >= 4 is 0 Å². The number of hydrogen-bond donors (Lipinski definition) is 2. The first-order chi connectivity index (χ1) is 10.0. The van der Waals surface area contributed by atoms with E-state index in [1.54, 1.807) is 6.07 Å². The molecule has 2 N–H and O–H groups in total. The first-order valence-corrected chi connectivity index (χ1v) is 8.19. The Hall–Kier alpha value is -1.28. The molecule has 3 aliphatic carbocycles. The summed E-state index contributed by atoms with van der Waals surface area (Å²) in [7, 11) is 0. The molecule has 0 heterocycles. The molecule has 5 atom stereocenters. The molecule has 0 saturated heterocycles. The number of hydrogen-bond acceptors (Lipinski definition) is 2. The molecule has 112 valence electrons. The lowest BCUT2D eigenvalue weighted by Gasteiger charge is -2.51. The molecule has 2 nitrogen and oxygen atoms in total. The average Bonchev–Trinajstić information content (AvgIpc) is 2.74. The van der Waals surface area contributed by atoms with Gasteiger partial charge in [-0.15, -0.1) is 0 Å². The zero-order valence-corrected chi connectivity index (χ0v) is 12.7. The maximum absolute atomic E-state index is 10.8. The summed E-state index contributed by atoms with van der Waals surface area (Å²) in [6, 6.07) is 5.73. The van der Waals surface area contributed by atoms with Crippen molar-refractivity contribution in [2.24, 2.45) is 17.3 Å². The van der Waals surface area contributed by atoms with Crippen molar-refractivity contribution in [1.29, 1.82) is 0 Å². The number of phenolic OH excluding ortho intramolecular Hbond substituents is 1. The quantitative estimate of drug-likeness (QED) is 0.712. The van der Waals surface area contributed by atoms with Crippen LogP contribution in [0.15, 0.2) is 30.4 Å². The summed E-state index contributed by atoms with van der Waals surface area (Å²) in [5.41, 5.74) is 4.14. The maximum Gasteiger partial charge on any atom is 0.115 e. The number of aliphatic hydroxyl groups is 1. The van der Waals surface area contributed by atoms with Gasteiger partial charge in [-0.25, -0.2) is 0 Å². The largest absolute Gasteiger partial charge is 0.508 e. The zero-order chi connectivity index (χ0) is 14.8. The number of benzene rings is 1. The fourth-order valence-corrected chi connectivity index (χ4v) is 5.49. The second kappa shape index (κ2) is 4.36.